The van der Waals surface area contributed by atoms with E-state index in [-0.39, 0.29) is 5.41 Å². The number of benzene rings is 2. The van der Waals surface area contributed by atoms with Crippen LogP contribution in [0.3, 0.4) is 0 Å². The third-order valence-electron chi connectivity index (χ3n) is 4.29. The molecule has 0 fully saturated rings. The Balaban J connectivity index is 2.35. The first kappa shape index (κ1) is 17.4. The van der Waals surface area contributed by atoms with Gasteiger partial charge in [0.1, 0.15) is 11.5 Å². The molecule has 0 saturated heterocycles. The second-order valence-electron chi connectivity index (χ2n) is 6.85. The summed E-state index contributed by atoms with van der Waals surface area (Å²) in [6, 6.07) is 16.0. The highest BCUT2D eigenvalue weighted by Crippen LogP contribution is 2.39. The quantitative estimate of drug-likeness (QED) is 0.728. The number of hydrogen-bond donors (Lipinski definition) is 1. The molecule has 1 N–H and O–H groups in total. The molecule has 0 heterocycles. The molecule has 0 aromatic heterocycles. The smallest absolute Gasteiger partial charge is 0.119 e. The van der Waals surface area contributed by atoms with Gasteiger partial charge in [-0.2, -0.15) is 0 Å². The highest BCUT2D eigenvalue weighted by molar-refractivity contribution is 5.42. The molecule has 23 heavy (non-hydrogen) atoms. The fourth-order valence-electron chi connectivity index (χ4n) is 3.19. The van der Waals surface area contributed by atoms with E-state index in [0.29, 0.717) is 11.7 Å². The van der Waals surface area contributed by atoms with Gasteiger partial charge in [-0.25, -0.2) is 0 Å². The first-order chi connectivity index (χ1) is 11.0. The van der Waals surface area contributed by atoms with Crippen molar-refractivity contribution >= 4 is 0 Å². The lowest BCUT2D eigenvalue weighted by Gasteiger charge is -2.33. The third kappa shape index (κ3) is 4.28. The van der Waals surface area contributed by atoms with E-state index in [9.17, 15) is 5.11 Å². The van der Waals surface area contributed by atoms with Crippen LogP contribution in [0.4, 0.5) is 0 Å². The Labute approximate surface area is 140 Å². The van der Waals surface area contributed by atoms with Crippen LogP contribution >= 0.6 is 0 Å². The minimum Gasteiger partial charge on any atom is -0.508 e. The third-order valence-corrected chi connectivity index (χ3v) is 4.29. The van der Waals surface area contributed by atoms with Crippen LogP contribution in [0.2, 0.25) is 0 Å². The lowest BCUT2D eigenvalue weighted by Crippen LogP contribution is -2.25. The number of rotatable bonds is 7. The number of phenols is 1. The number of phenolic OH excluding ortho intramolecular Hbond substituents is 1. The summed E-state index contributed by atoms with van der Waals surface area (Å²) in [7, 11) is 0. The van der Waals surface area contributed by atoms with Gasteiger partial charge in [-0.05, 0) is 54.2 Å². The van der Waals surface area contributed by atoms with Gasteiger partial charge < -0.3 is 9.84 Å². The highest BCUT2D eigenvalue weighted by Gasteiger charge is 2.29. The van der Waals surface area contributed by atoms with Crippen molar-refractivity contribution in [1.29, 1.82) is 0 Å². The molecule has 0 aliphatic rings. The van der Waals surface area contributed by atoms with E-state index in [1.54, 1.807) is 12.1 Å². The maximum atomic E-state index is 9.58. The van der Waals surface area contributed by atoms with Crippen LogP contribution < -0.4 is 4.74 Å². The van der Waals surface area contributed by atoms with E-state index < -0.39 is 0 Å². The zero-order chi connectivity index (χ0) is 16.9. The molecule has 1 unspecified atom stereocenters. The van der Waals surface area contributed by atoms with Crippen molar-refractivity contribution < 1.29 is 9.84 Å². The molecule has 124 valence electrons. The summed E-state index contributed by atoms with van der Waals surface area (Å²) in [6.45, 7) is 9.63. The van der Waals surface area contributed by atoms with E-state index in [4.69, 9.17) is 4.74 Å². The fraction of sp³-hybridized carbons (Fsp3) is 0.429. The fourth-order valence-corrected chi connectivity index (χ4v) is 3.19. The van der Waals surface area contributed by atoms with Crippen LogP contribution in [-0.4, -0.2) is 11.7 Å². The predicted molar refractivity (Wildman–Crippen MR) is 96.2 cm³/mol. The molecule has 0 aliphatic carbocycles. The first-order valence-electron chi connectivity index (χ1n) is 8.48. The van der Waals surface area contributed by atoms with E-state index in [0.717, 1.165) is 25.2 Å². The maximum Gasteiger partial charge on any atom is 0.119 e. The molecule has 2 nitrogen and oxygen atoms in total. The van der Waals surface area contributed by atoms with Gasteiger partial charge in [-0.3, -0.25) is 0 Å². The Hall–Kier alpha value is -1.96. The molecule has 0 radical (unpaired) electrons. The Bertz CT molecular complexity index is 599. The molecule has 0 saturated carbocycles. The average Bonchev–Trinajstić information content (AvgIpc) is 2.53. The monoisotopic (exact) mass is 312 g/mol. The summed E-state index contributed by atoms with van der Waals surface area (Å²) in [6.07, 6.45) is 2.06. The lowest BCUT2D eigenvalue weighted by molar-refractivity contribution is 0.317. The highest BCUT2D eigenvalue weighted by atomic mass is 16.5. The van der Waals surface area contributed by atoms with Crippen molar-refractivity contribution in [2.75, 3.05) is 6.61 Å². The maximum absolute atomic E-state index is 9.58. The second-order valence-corrected chi connectivity index (χ2v) is 6.85. The SMILES string of the molecule is CCCOc1ccc(C(C)(CC(C)C)c2ccc(O)cc2)cc1. The van der Waals surface area contributed by atoms with Crippen molar-refractivity contribution in [3.63, 3.8) is 0 Å². The van der Waals surface area contributed by atoms with Crippen LogP contribution in [0.5, 0.6) is 11.5 Å². The largest absolute Gasteiger partial charge is 0.508 e. The summed E-state index contributed by atoms with van der Waals surface area (Å²) in [5.41, 5.74) is 2.43. The Kier molecular flexibility index (Phi) is 5.70. The van der Waals surface area contributed by atoms with Gasteiger partial charge in [0.05, 0.1) is 6.61 Å². The second kappa shape index (κ2) is 7.54. The lowest BCUT2D eigenvalue weighted by atomic mass is 9.71. The van der Waals surface area contributed by atoms with Crippen LogP contribution in [0, 0.1) is 5.92 Å². The molecular formula is C21H28O2. The van der Waals surface area contributed by atoms with E-state index in [2.05, 4.69) is 52.0 Å². The molecule has 2 aromatic rings. The van der Waals surface area contributed by atoms with Crippen molar-refractivity contribution in [2.45, 2.75) is 46.0 Å². The summed E-state index contributed by atoms with van der Waals surface area (Å²) in [4.78, 5) is 0. The molecular weight excluding hydrogens is 284 g/mol. The van der Waals surface area contributed by atoms with E-state index in [1.165, 1.54) is 11.1 Å². The minimum atomic E-state index is -0.0782. The first-order valence-corrected chi connectivity index (χ1v) is 8.48. The van der Waals surface area contributed by atoms with E-state index >= 15 is 0 Å². The summed E-state index contributed by atoms with van der Waals surface area (Å²) in [5.74, 6) is 1.81. The number of ether oxygens (including phenoxy) is 1. The molecule has 2 aromatic carbocycles. The Morgan fingerprint density at radius 2 is 1.48 bits per heavy atom. The van der Waals surface area contributed by atoms with Gasteiger partial charge in [-0.15, -0.1) is 0 Å². The van der Waals surface area contributed by atoms with E-state index in [1.807, 2.05) is 12.1 Å². The average molecular weight is 312 g/mol. The van der Waals surface area contributed by atoms with Crippen molar-refractivity contribution in [3.05, 3.63) is 59.7 Å². The van der Waals surface area contributed by atoms with Crippen LogP contribution in [0.15, 0.2) is 48.5 Å². The molecule has 2 heteroatoms. The minimum absolute atomic E-state index is 0.0782. The molecule has 2 rings (SSSR count). The van der Waals surface area contributed by atoms with Crippen LogP contribution in [0.1, 0.15) is 51.7 Å². The molecule has 0 amide bonds. The van der Waals surface area contributed by atoms with Crippen molar-refractivity contribution in [3.8, 4) is 11.5 Å². The topological polar surface area (TPSA) is 29.5 Å². The summed E-state index contributed by atoms with van der Waals surface area (Å²) in [5, 5.41) is 9.58. The molecule has 1 atom stereocenters. The Morgan fingerprint density at radius 3 is 1.96 bits per heavy atom. The van der Waals surface area contributed by atoms with Crippen LogP contribution in [0.25, 0.3) is 0 Å². The molecule has 0 spiro atoms. The van der Waals surface area contributed by atoms with Gasteiger partial charge in [0.2, 0.25) is 0 Å². The van der Waals surface area contributed by atoms with Crippen LogP contribution in [-0.2, 0) is 5.41 Å². The predicted octanol–water partition coefficient (Wildman–Crippen LogP) is 5.53. The van der Waals surface area contributed by atoms with Gasteiger partial charge in [0.15, 0.2) is 0 Å². The van der Waals surface area contributed by atoms with Gasteiger partial charge in [0, 0.05) is 5.41 Å². The van der Waals surface area contributed by atoms with Crippen molar-refractivity contribution in [1.82, 2.24) is 0 Å². The summed E-state index contributed by atoms with van der Waals surface area (Å²) >= 11 is 0. The van der Waals surface area contributed by atoms with Gasteiger partial charge in [0.25, 0.3) is 0 Å². The van der Waals surface area contributed by atoms with Gasteiger partial charge in [-0.1, -0.05) is 52.0 Å². The van der Waals surface area contributed by atoms with Gasteiger partial charge >= 0.3 is 0 Å². The standard InChI is InChI=1S/C21H28O2/c1-5-14-23-20-12-8-18(9-13-20)21(4,15-16(2)3)17-6-10-19(22)11-7-17/h6-13,16,22H,5,14-15H2,1-4H3. The molecule has 0 aliphatic heterocycles. The zero-order valence-electron chi connectivity index (χ0n) is 14.7. The molecule has 0 bridgehead atoms. The number of aromatic hydroxyl groups is 1. The normalized spacial score (nSPS) is 13.8. The number of hydrogen-bond acceptors (Lipinski definition) is 2. The summed E-state index contributed by atoms with van der Waals surface area (Å²) < 4.78 is 5.69. The Morgan fingerprint density at radius 1 is 0.957 bits per heavy atom. The zero-order valence-corrected chi connectivity index (χ0v) is 14.7. The van der Waals surface area contributed by atoms with Crippen molar-refractivity contribution in [2.24, 2.45) is 5.92 Å².